The van der Waals surface area contributed by atoms with Gasteiger partial charge < -0.3 is 10.0 Å². The van der Waals surface area contributed by atoms with E-state index in [1.165, 1.54) is 4.31 Å². The molecule has 6 nitrogen and oxygen atoms in total. The van der Waals surface area contributed by atoms with Gasteiger partial charge in [-0.25, -0.2) is 12.7 Å². The Hall–Kier alpha value is -0.210. The summed E-state index contributed by atoms with van der Waals surface area (Å²) in [5, 5.41) is 10.2. The van der Waals surface area contributed by atoms with Gasteiger partial charge in [0, 0.05) is 46.8 Å². The maximum absolute atomic E-state index is 11.7. The first-order valence-electron chi connectivity index (χ1n) is 8.05. The number of β-amino-alcohol motifs (C(OH)–C–C–N with tert-alkyl or cyclic N) is 1. The Balaban J connectivity index is 2.26. The molecule has 1 rings (SSSR count). The van der Waals surface area contributed by atoms with Gasteiger partial charge in [0.05, 0.1) is 11.9 Å². The number of rotatable bonds is 7. The van der Waals surface area contributed by atoms with E-state index < -0.39 is 10.0 Å². The molecular formula is C15H33N3O3S. The molecule has 0 aromatic heterocycles. The Labute approximate surface area is 136 Å². The lowest BCUT2D eigenvalue weighted by atomic mass is 9.89. The lowest BCUT2D eigenvalue weighted by Gasteiger charge is -2.38. The largest absolute Gasteiger partial charge is 0.391 e. The molecule has 0 bridgehead atoms. The van der Waals surface area contributed by atoms with Gasteiger partial charge in [-0.15, -0.1) is 0 Å². The van der Waals surface area contributed by atoms with Crippen LogP contribution in [0.5, 0.6) is 0 Å². The molecule has 0 aromatic carbocycles. The first-order valence-corrected chi connectivity index (χ1v) is 9.66. The van der Waals surface area contributed by atoms with Crippen LogP contribution >= 0.6 is 0 Å². The van der Waals surface area contributed by atoms with Crippen molar-refractivity contribution in [2.75, 3.05) is 59.1 Å². The van der Waals surface area contributed by atoms with Gasteiger partial charge in [-0.3, -0.25) is 4.90 Å². The molecule has 1 aliphatic heterocycles. The van der Waals surface area contributed by atoms with E-state index >= 15 is 0 Å². The minimum absolute atomic E-state index is 0.0856. The van der Waals surface area contributed by atoms with Gasteiger partial charge in [0.2, 0.25) is 10.0 Å². The highest BCUT2D eigenvalue weighted by atomic mass is 32.2. The van der Waals surface area contributed by atoms with Crippen LogP contribution in [-0.4, -0.2) is 92.9 Å². The summed E-state index contributed by atoms with van der Waals surface area (Å²) in [4.78, 5) is 4.61. The Bertz CT molecular complexity index is 424. The monoisotopic (exact) mass is 335 g/mol. The van der Waals surface area contributed by atoms with Gasteiger partial charge in [0.25, 0.3) is 0 Å². The van der Waals surface area contributed by atoms with Crippen molar-refractivity contribution in [3.63, 3.8) is 0 Å². The lowest BCUT2D eigenvalue weighted by Crippen LogP contribution is -2.50. The fourth-order valence-electron chi connectivity index (χ4n) is 2.37. The predicted octanol–water partition coefficient (Wildman–Crippen LogP) is 0.293. The molecule has 7 heteroatoms. The van der Waals surface area contributed by atoms with E-state index in [0.29, 0.717) is 13.0 Å². The highest BCUT2D eigenvalue weighted by Crippen LogP contribution is 2.20. The van der Waals surface area contributed by atoms with E-state index in [-0.39, 0.29) is 17.3 Å². The Kier molecular flexibility index (Phi) is 7.26. The predicted molar refractivity (Wildman–Crippen MR) is 90.4 cm³/mol. The second-order valence-corrected chi connectivity index (χ2v) is 9.78. The second kappa shape index (κ2) is 8.06. The summed E-state index contributed by atoms with van der Waals surface area (Å²) in [6.07, 6.45) is 0.356. The summed E-state index contributed by atoms with van der Waals surface area (Å²) >= 11 is 0. The van der Waals surface area contributed by atoms with Gasteiger partial charge >= 0.3 is 0 Å². The summed E-state index contributed by atoms with van der Waals surface area (Å²) in [5.74, 6) is 0.211. The summed E-state index contributed by atoms with van der Waals surface area (Å²) < 4.78 is 24.7. The molecule has 1 heterocycles. The maximum atomic E-state index is 11.7. The van der Waals surface area contributed by atoms with Gasteiger partial charge in [-0.2, -0.15) is 0 Å². The number of aliphatic hydroxyl groups is 1. The molecule has 1 fully saturated rings. The van der Waals surface area contributed by atoms with Crippen molar-refractivity contribution in [2.24, 2.45) is 5.41 Å². The average molecular weight is 336 g/mol. The minimum atomic E-state index is -3.08. The zero-order valence-corrected chi connectivity index (χ0v) is 15.6. The van der Waals surface area contributed by atoms with Crippen LogP contribution in [-0.2, 0) is 10.0 Å². The maximum Gasteiger partial charge on any atom is 0.213 e. The van der Waals surface area contributed by atoms with Crippen molar-refractivity contribution in [1.82, 2.24) is 14.1 Å². The Morgan fingerprint density at radius 3 is 2.05 bits per heavy atom. The summed E-state index contributed by atoms with van der Waals surface area (Å²) in [6, 6.07) is 0. The molecule has 0 spiro atoms. The van der Waals surface area contributed by atoms with Crippen LogP contribution in [0.15, 0.2) is 0 Å². The van der Waals surface area contributed by atoms with Crippen LogP contribution in [0.25, 0.3) is 0 Å². The summed E-state index contributed by atoms with van der Waals surface area (Å²) in [5.41, 5.74) is -0.0856. The molecule has 1 N–H and O–H groups in total. The topological polar surface area (TPSA) is 64.1 Å². The first-order chi connectivity index (χ1) is 10.0. The molecule has 0 aliphatic carbocycles. The molecule has 0 amide bonds. The van der Waals surface area contributed by atoms with Crippen molar-refractivity contribution in [2.45, 2.75) is 33.3 Å². The van der Waals surface area contributed by atoms with E-state index in [0.717, 1.165) is 32.7 Å². The summed E-state index contributed by atoms with van der Waals surface area (Å²) in [6.45, 7) is 11.5. The van der Waals surface area contributed by atoms with Gasteiger partial charge in [0.1, 0.15) is 0 Å². The van der Waals surface area contributed by atoms with Crippen molar-refractivity contribution in [3.05, 3.63) is 0 Å². The molecule has 132 valence electrons. The number of sulfonamides is 1. The SMILES string of the molecule is CN(C)S(=O)(=O)CCCN1CCN(CC(O)C(C)(C)C)CC1. The molecule has 1 unspecified atom stereocenters. The number of hydrogen-bond donors (Lipinski definition) is 1. The zero-order valence-electron chi connectivity index (χ0n) is 14.7. The number of hydrogen-bond acceptors (Lipinski definition) is 5. The zero-order chi connectivity index (χ0) is 17.0. The molecule has 1 atom stereocenters. The van der Waals surface area contributed by atoms with Crippen molar-refractivity contribution in [3.8, 4) is 0 Å². The van der Waals surface area contributed by atoms with Gasteiger partial charge in [0.15, 0.2) is 0 Å². The van der Waals surface area contributed by atoms with Crippen LogP contribution in [0.1, 0.15) is 27.2 Å². The number of nitrogens with zero attached hydrogens (tertiary/aromatic N) is 3. The molecular weight excluding hydrogens is 302 g/mol. The van der Waals surface area contributed by atoms with E-state index in [1.54, 1.807) is 14.1 Å². The van der Waals surface area contributed by atoms with Crippen LogP contribution in [0.3, 0.4) is 0 Å². The highest BCUT2D eigenvalue weighted by Gasteiger charge is 2.26. The van der Waals surface area contributed by atoms with E-state index in [1.807, 2.05) is 0 Å². The Morgan fingerprint density at radius 2 is 1.59 bits per heavy atom. The second-order valence-electron chi connectivity index (χ2n) is 7.48. The third-order valence-corrected chi connectivity index (χ3v) is 6.25. The minimum Gasteiger partial charge on any atom is -0.391 e. The molecule has 1 aliphatic rings. The van der Waals surface area contributed by atoms with E-state index in [2.05, 4.69) is 30.6 Å². The summed E-state index contributed by atoms with van der Waals surface area (Å²) in [7, 11) is 0.0772. The number of aliphatic hydroxyl groups excluding tert-OH is 1. The molecule has 1 saturated heterocycles. The third-order valence-electron chi connectivity index (χ3n) is 4.33. The molecule has 0 radical (unpaired) electrons. The molecule has 0 saturated carbocycles. The smallest absolute Gasteiger partial charge is 0.213 e. The highest BCUT2D eigenvalue weighted by molar-refractivity contribution is 7.89. The molecule has 22 heavy (non-hydrogen) atoms. The van der Waals surface area contributed by atoms with Crippen molar-refractivity contribution in [1.29, 1.82) is 0 Å². The average Bonchev–Trinajstić information content (AvgIpc) is 2.39. The fourth-order valence-corrected chi connectivity index (χ4v) is 3.23. The lowest BCUT2D eigenvalue weighted by molar-refractivity contribution is 0.0135. The standard InChI is InChI=1S/C15H33N3O3S/c1-15(2,3)14(19)13-18-10-8-17(9-11-18)7-6-12-22(20,21)16(4)5/h14,19H,6-13H2,1-5H3. The van der Waals surface area contributed by atoms with Crippen LogP contribution in [0, 0.1) is 5.41 Å². The fraction of sp³-hybridized carbons (Fsp3) is 1.00. The van der Waals surface area contributed by atoms with Crippen molar-refractivity contribution < 1.29 is 13.5 Å². The van der Waals surface area contributed by atoms with E-state index in [4.69, 9.17) is 0 Å². The first kappa shape index (κ1) is 19.8. The van der Waals surface area contributed by atoms with Crippen LogP contribution < -0.4 is 0 Å². The van der Waals surface area contributed by atoms with Gasteiger partial charge in [-0.1, -0.05) is 20.8 Å². The van der Waals surface area contributed by atoms with Crippen LogP contribution in [0.4, 0.5) is 0 Å². The van der Waals surface area contributed by atoms with E-state index in [9.17, 15) is 13.5 Å². The quantitative estimate of drug-likeness (QED) is 0.725. The Morgan fingerprint density at radius 1 is 1.09 bits per heavy atom. The van der Waals surface area contributed by atoms with Crippen LogP contribution in [0.2, 0.25) is 0 Å². The number of piperazine rings is 1. The normalized spacial score (nSPS) is 20.5. The van der Waals surface area contributed by atoms with Crippen molar-refractivity contribution >= 4 is 10.0 Å². The van der Waals surface area contributed by atoms with Gasteiger partial charge in [-0.05, 0) is 18.4 Å². The third kappa shape index (κ3) is 6.50. The molecule has 0 aromatic rings.